The lowest BCUT2D eigenvalue weighted by Crippen LogP contribution is -2.47. The van der Waals surface area contributed by atoms with E-state index in [-0.39, 0.29) is 0 Å². The summed E-state index contributed by atoms with van der Waals surface area (Å²) in [5.41, 5.74) is 0.364. The van der Waals surface area contributed by atoms with Crippen molar-refractivity contribution in [3.63, 3.8) is 0 Å². The molecule has 0 bridgehead atoms. The van der Waals surface area contributed by atoms with Crippen molar-refractivity contribution in [3.05, 3.63) is 34.9 Å². The SMILES string of the molecule is O=C(CS(=O)(=O)N1CCNCC1)c1ccc(Cl)cc1. The van der Waals surface area contributed by atoms with Crippen LogP contribution in [0.3, 0.4) is 0 Å². The van der Waals surface area contributed by atoms with E-state index in [0.29, 0.717) is 36.8 Å². The van der Waals surface area contributed by atoms with E-state index in [1.807, 2.05) is 0 Å². The first-order valence-electron chi connectivity index (χ1n) is 5.96. The van der Waals surface area contributed by atoms with Gasteiger partial charge in [-0.15, -0.1) is 0 Å². The lowest BCUT2D eigenvalue weighted by molar-refractivity contribution is 0.101. The fourth-order valence-corrected chi connectivity index (χ4v) is 3.44. The standard InChI is InChI=1S/C12H15ClN2O3S/c13-11-3-1-10(2-4-11)12(16)9-19(17,18)15-7-5-14-6-8-15/h1-4,14H,5-9H2. The van der Waals surface area contributed by atoms with Crippen molar-refractivity contribution in [2.75, 3.05) is 31.9 Å². The average Bonchev–Trinajstić information content (AvgIpc) is 2.40. The number of carbonyl (C=O) groups excluding carboxylic acids is 1. The van der Waals surface area contributed by atoms with Crippen molar-refractivity contribution in [2.24, 2.45) is 0 Å². The number of ketones is 1. The van der Waals surface area contributed by atoms with Gasteiger partial charge in [0.05, 0.1) is 0 Å². The highest BCUT2D eigenvalue weighted by Crippen LogP contribution is 2.12. The number of carbonyl (C=O) groups is 1. The van der Waals surface area contributed by atoms with Gasteiger partial charge in [0.15, 0.2) is 5.78 Å². The first-order valence-corrected chi connectivity index (χ1v) is 7.95. The number of rotatable bonds is 4. The van der Waals surface area contributed by atoms with Crippen molar-refractivity contribution >= 4 is 27.4 Å². The number of sulfonamides is 1. The molecule has 1 aliphatic rings. The van der Waals surface area contributed by atoms with Gasteiger partial charge in [0.2, 0.25) is 10.0 Å². The third-order valence-corrected chi connectivity index (χ3v) is 4.98. The summed E-state index contributed by atoms with van der Waals surface area (Å²) < 4.78 is 25.5. The summed E-state index contributed by atoms with van der Waals surface area (Å²) in [6, 6.07) is 6.23. The first-order chi connectivity index (χ1) is 8.99. The molecule has 19 heavy (non-hydrogen) atoms. The van der Waals surface area contributed by atoms with Gasteiger partial charge in [0.25, 0.3) is 0 Å². The molecule has 1 fully saturated rings. The molecule has 0 aromatic heterocycles. The summed E-state index contributed by atoms with van der Waals surface area (Å²) in [4.78, 5) is 11.9. The van der Waals surface area contributed by atoms with Gasteiger partial charge < -0.3 is 5.32 Å². The van der Waals surface area contributed by atoms with Crippen LogP contribution in [0.4, 0.5) is 0 Å². The summed E-state index contributed by atoms with van der Waals surface area (Å²) in [6.45, 7) is 2.06. The van der Waals surface area contributed by atoms with E-state index in [4.69, 9.17) is 11.6 Å². The summed E-state index contributed by atoms with van der Waals surface area (Å²) in [6.07, 6.45) is 0. The Morgan fingerprint density at radius 2 is 1.79 bits per heavy atom. The predicted molar refractivity (Wildman–Crippen MR) is 74.0 cm³/mol. The molecule has 7 heteroatoms. The normalized spacial score (nSPS) is 17.3. The number of halogens is 1. The Morgan fingerprint density at radius 1 is 1.21 bits per heavy atom. The highest BCUT2D eigenvalue weighted by atomic mass is 35.5. The van der Waals surface area contributed by atoms with E-state index in [0.717, 1.165) is 0 Å². The molecule has 104 valence electrons. The Balaban J connectivity index is 2.07. The van der Waals surface area contributed by atoms with Crippen LogP contribution in [0.25, 0.3) is 0 Å². The average molecular weight is 303 g/mol. The van der Waals surface area contributed by atoms with E-state index in [2.05, 4.69) is 5.32 Å². The van der Waals surface area contributed by atoms with Crippen LogP contribution in [0, 0.1) is 0 Å². The molecule has 1 saturated heterocycles. The van der Waals surface area contributed by atoms with E-state index in [1.165, 1.54) is 16.4 Å². The van der Waals surface area contributed by atoms with Gasteiger partial charge in [-0.05, 0) is 24.3 Å². The minimum absolute atomic E-state index is 0.364. The molecule has 0 spiro atoms. The van der Waals surface area contributed by atoms with Crippen LogP contribution in [-0.2, 0) is 10.0 Å². The van der Waals surface area contributed by atoms with Gasteiger partial charge in [-0.2, -0.15) is 4.31 Å². The van der Waals surface area contributed by atoms with Crippen LogP contribution in [0.2, 0.25) is 5.02 Å². The van der Waals surface area contributed by atoms with Crippen LogP contribution in [0.5, 0.6) is 0 Å². The molecule has 0 amide bonds. The molecule has 1 aromatic carbocycles. The third kappa shape index (κ3) is 3.76. The van der Waals surface area contributed by atoms with Gasteiger partial charge in [0.1, 0.15) is 5.75 Å². The summed E-state index contributed by atoms with van der Waals surface area (Å²) in [5.74, 6) is -0.899. The molecule has 1 aromatic rings. The van der Waals surface area contributed by atoms with Crippen molar-refractivity contribution in [1.82, 2.24) is 9.62 Å². The fraction of sp³-hybridized carbons (Fsp3) is 0.417. The van der Waals surface area contributed by atoms with Gasteiger partial charge in [-0.25, -0.2) is 8.42 Å². The number of nitrogens with zero attached hydrogens (tertiary/aromatic N) is 1. The molecule has 0 saturated carbocycles. The van der Waals surface area contributed by atoms with E-state index < -0.39 is 21.6 Å². The zero-order valence-corrected chi connectivity index (χ0v) is 11.9. The van der Waals surface area contributed by atoms with Gasteiger partial charge >= 0.3 is 0 Å². The predicted octanol–water partition coefficient (Wildman–Crippen LogP) is 0.758. The molecule has 0 atom stereocenters. The number of Topliss-reactive ketones (excluding diaryl/α,β-unsaturated/α-hetero) is 1. The van der Waals surface area contributed by atoms with Crippen molar-refractivity contribution in [3.8, 4) is 0 Å². The Kier molecular flexibility index (Phi) is 4.57. The highest BCUT2D eigenvalue weighted by Gasteiger charge is 2.26. The Labute approximate surface area is 117 Å². The Hall–Kier alpha value is -0.950. The largest absolute Gasteiger partial charge is 0.314 e. The molecule has 0 aliphatic carbocycles. The maximum absolute atomic E-state index is 12.1. The quantitative estimate of drug-likeness (QED) is 0.834. The first kappa shape index (κ1) is 14.5. The number of piperazine rings is 1. The molecule has 2 rings (SSSR count). The van der Waals surface area contributed by atoms with Crippen LogP contribution < -0.4 is 5.32 Å². The molecule has 1 heterocycles. The molecule has 1 aliphatic heterocycles. The number of hydrogen-bond donors (Lipinski definition) is 1. The van der Waals surface area contributed by atoms with Crippen molar-refractivity contribution in [1.29, 1.82) is 0 Å². The molecule has 0 radical (unpaired) electrons. The summed E-state index contributed by atoms with van der Waals surface area (Å²) in [5, 5.41) is 3.59. The lowest BCUT2D eigenvalue weighted by atomic mass is 10.1. The van der Waals surface area contributed by atoms with E-state index in [1.54, 1.807) is 12.1 Å². The van der Waals surface area contributed by atoms with E-state index in [9.17, 15) is 13.2 Å². The smallest absolute Gasteiger partial charge is 0.221 e. The fourth-order valence-electron chi connectivity index (χ4n) is 1.90. The van der Waals surface area contributed by atoms with Gasteiger partial charge in [-0.3, -0.25) is 4.79 Å². The van der Waals surface area contributed by atoms with Crippen molar-refractivity contribution in [2.45, 2.75) is 0 Å². The monoisotopic (exact) mass is 302 g/mol. The van der Waals surface area contributed by atoms with Gasteiger partial charge in [0, 0.05) is 36.8 Å². The highest BCUT2D eigenvalue weighted by molar-refractivity contribution is 7.89. The number of hydrogen-bond acceptors (Lipinski definition) is 4. The lowest BCUT2D eigenvalue weighted by Gasteiger charge is -2.26. The van der Waals surface area contributed by atoms with E-state index >= 15 is 0 Å². The second kappa shape index (κ2) is 6.00. The molecule has 0 unspecified atom stereocenters. The molecule has 1 N–H and O–H groups in total. The van der Waals surface area contributed by atoms with Crippen molar-refractivity contribution < 1.29 is 13.2 Å². The van der Waals surface area contributed by atoms with Crippen LogP contribution >= 0.6 is 11.6 Å². The number of nitrogens with one attached hydrogen (secondary N) is 1. The summed E-state index contributed by atoms with van der Waals surface area (Å²) in [7, 11) is -3.53. The third-order valence-electron chi connectivity index (χ3n) is 2.95. The Morgan fingerprint density at radius 3 is 2.37 bits per heavy atom. The zero-order valence-electron chi connectivity index (χ0n) is 10.3. The second-order valence-electron chi connectivity index (χ2n) is 4.34. The number of benzene rings is 1. The maximum atomic E-state index is 12.1. The second-order valence-corrected chi connectivity index (χ2v) is 6.74. The molecular formula is C12H15ClN2O3S. The van der Waals surface area contributed by atoms with Crippen LogP contribution in [0.1, 0.15) is 10.4 Å². The van der Waals surface area contributed by atoms with Gasteiger partial charge in [-0.1, -0.05) is 11.6 Å². The molecule has 5 nitrogen and oxygen atoms in total. The topological polar surface area (TPSA) is 66.5 Å². The maximum Gasteiger partial charge on any atom is 0.221 e. The van der Waals surface area contributed by atoms with Crippen LogP contribution in [-0.4, -0.2) is 50.4 Å². The molecular weight excluding hydrogens is 288 g/mol. The Bertz CT molecular complexity index is 551. The van der Waals surface area contributed by atoms with Crippen LogP contribution in [0.15, 0.2) is 24.3 Å². The zero-order chi connectivity index (χ0) is 13.9. The minimum atomic E-state index is -3.53. The minimum Gasteiger partial charge on any atom is -0.314 e. The summed E-state index contributed by atoms with van der Waals surface area (Å²) >= 11 is 5.73.